The van der Waals surface area contributed by atoms with Crippen molar-refractivity contribution in [3.05, 3.63) is 71.3 Å². The van der Waals surface area contributed by atoms with E-state index in [2.05, 4.69) is 10.2 Å². The number of aryl methyl sites for hydroxylation is 2. The van der Waals surface area contributed by atoms with Gasteiger partial charge in [-0.2, -0.15) is 10.2 Å². The lowest BCUT2D eigenvalue weighted by molar-refractivity contribution is 0.104. The van der Waals surface area contributed by atoms with Gasteiger partial charge in [-0.25, -0.2) is 4.68 Å². The molecule has 2 aromatic heterocycles. The van der Waals surface area contributed by atoms with Crippen LogP contribution in [-0.2, 0) is 7.05 Å². The van der Waals surface area contributed by atoms with Gasteiger partial charge in [0.15, 0.2) is 5.78 Å². The molecule has 3 rings (SSSR count). The Labute approximate surface area is 134 Å². The predicted molar refractivity (Wildman–Crippen MR) is 89.6 cm³/mol. The predicted octanol–water partition coefficient (Wildman–Crippen LogP) is 3.12. The number of para-hydroxylation sites is 1. The standard InChI is InChI=1S/C18H18N4O/c1-13-18(17(23)10-9-15-11-19-21(3)12-15)14(2)22(20-13)16-7-5-4-6-8-16/h4-12H,1-3H3. The Hall–Kier alpha value is -2.95. The fourth-order valence-corrected chi connectivity index (χ4v) is 2.60. The molecule has 0 N–H and O–H groups in total. The van der Waals surface area contributed by atoms with Crippen LogP contribution in [0.5, 0.6) is 0 Å². The molecule has 0 spiro atoms. The highest BCUT2D eigenvalue weighted by Crippen LogP contribution is 2.19. The normalized spacial score (nSPS) is 11.3. The summed E-state index contributed by atoms with van der Waals surface area (Å²) in [5.41, 5.74) is 4.06. The van der Waals surface area contributed by atoms with Gasteiger partial charge in [0, 0.05) is 18.8 Å². The lowest BCUT2D eigenvalue weighted by atomic mass is 10.1. The van der Waals surface area contributed by atoms with Crippen LogP contribution in [0, 0.1) is 13.8 Å². The van der Waals surface area contributed by atoms with Crippen molar-refractivity contribution in [3.8, 4) is 5.69 Å². The van der Waals surface area contributed by atoms with Gasteiger partial charge in [-0.1, -0.05) is 18.2 Å². The summed E-state index contributed by atoms with van der Waals surface area (Å²) >= 11 is 0. The molecule has 0 radical (unpaired) electrons. The van der Waals surface area contributed by atoms with E-state index in [1.165, 1.54) is 0 Å². The molecule has 0 atom stereocenters. The van der Waals surface area contributed by atoms with Crippen molar-refractivity contribution in [2.75, 3.05) is 0 Å². The fraction of sp³-hybridized carbons (Fsp3) is 0.167. The van der Waals surface area contributed by atoms with Crippen LogP contribution < -0.4 is 0 Å². The number of hydrogen-bond acceptors (Lipinski definition) is 3. The minimum atomic E-state index is -0.0500. The molecule has 116 valence electrons. The Morgan fingerprint density at radius 2 is 1.91 bits per heavy atom. The fourth-order valence-electron chi connectivity index (χ4n) is 2.60. The first-order chi connectivity index (χ1) is 11.1. The summed E-state index contributed by atoms with van der Waals surface area (Å²) in [6, 6.07) is 9.81. The van der Waals surface area contributed by atoms with E-state index in [0.717, 1.165) is 22.6 Å². The molecule has 0 saturated carbocycles. The Balaban J connectivity index is 1.92. The molecule has 1 aromatic carbocycles. The first-order valence-electron chi connectivity index (χ1n) is 7.39. The second-order valence-electron chi connectivity index (χ2n) is 5.44. The molecule has 0 fully saturated rings. The van der Waals surface area contributed by atoms with Gasteiger partial charge in [0.2, 0.25) is 0 Å². The Morgan fingerprint density at radius 1 is 1.17 bits per heavy atom. The molecule has 0 aliphatic rings. The third kappa shape index (κ3) is 2.99. The van der Waals surface area contributed by atoms with E-state index in [1.54, 1.807) is 27.7 Å². The van der Waals surface area contributed by atoms with Gasteiger partial charge >= 0.3 is 0 Å². The van der Waals surface area contributed by atoms with Crippen molar-refractivity contribution < 1.29 is 4.79 Å². The third-order valence-corrected chi connectivity index (χ3v) is 3.69. The number of rotatable bonds is 4. The molecular formula is C18H18N4O. The van der Waals surface area contributed by atoms with Gasteiger partial charge in [0.05, 0.1) is 28.8 Å². The third-order valence-electron chi connectivity index (χ3n) is 3.69. The summed E-state index contributed by atoms with van der Waals surface area (Å²) in [4.78, 5) is 12.5. The van der Waals surface area contributed by atoms with E-state index in [1.807, 2.05) is 57.4 Å². The molecule has 23 heavy (non-hydrogen) atoms. The molecule has 0 aliphatic heterocycles. The van der Waals surface area contributed by atoms with Crippen molar-refractivity contribution in [1.82, 2.24) is 19.6 Å². The highest BCUT2D eigenvalue weighted by Gasteiger charge is 2.17. The summed E-state index contributed by atoms with van der Waals surface area (Å²) in [5, 5.41) is 8.59. The van der Waals surface area contributed by atoms with Crippen molar-refractivity contribution in [3.63, 3.8) is 0 Å². The van der Waals surface area contributed by atoms with Crippen molar-refractivity contribution in [2.24, 2.45) is 7.05 Å². The molecular weight excluding hydrogens is 288 g/mol. The van der Waals surface area contributed by atoms with Crippen LogP contribution in [0.1, 0.15) is 27.3 Å². The smallest absolute Gasteiger partial charge is 0.189 e. The zero-order chi connectivity index (χ0) is 16.4. The number of carbonyl (C=O) groups is 1. The second-order valence-corrected chi connectivity index (χ2v) is 5.44. The van der Waals surface area contributed by atoms with Gasteiger partial charge in [-0.15, -0.1) is 0 Å². The SMILES string of the molecule is Cc1nn(-c2ccccc2)c(C)c1C(=O)C=Cc1cnn(C)c1. The van der Waals surface area contributed by atoms with Crippen LogP contribution in [0.25, 0.3) is 11.8 Å². The molecule has 0 saturated heterocycles. The number of allylic oxidation sites excluding steroid dienone is 1. The van der Waals surface area contributed by atoms with Gasteiger partial charge in [-0.05, 0) is 38.1 Å². The molecule has 0 unspecified atom stereocenters. The maximum atomic E-state index is 12.5. The second kappa shape index (κ2) is 6.04. The zero-order valence-electron chi connectivity index (χ0n) is 13.4. The lowest BCUT2D eigenvalue weighted by Gasteiger charge is -2.03. The van der Waals surface area contributed by atoms with E-state index in [4.69, 9.17) is 0 Å². The summed E-state index contributed by atoms with van der Waals surface area (Å²) in [6.45, 7) is 3.77. The minimum Gasteiger partial charge on any atom is -0.289 e. The van der Waals surface area contributed by atoms with Gasteiger partial charge < -0.3 is 0 Å². The summed E-state index contributed by atoms with van der Waals surface area (Å²) in [6.07, 6.45) is 6.92. The van der Waals surface area contributed by atoms with Crippen LogP contribution in [0.4, 0.5) is 0 Å². The Bertz CT molecular complexity index is 872. The molecule has 0 bridgehead atoms. The van der Waals surface area contributed by atoms with Crippen molar-refractivity contribution in [2.45, 2.75) is 13.8 Å². The highest BCUT2D eigenvalue weighted by atomic mass is 16.1. The topological polar surface area (TPSA) is 52.7 Å². The van der Waals surface area contributed by atoms with Crippen molar-refractivity contribution >= 4 is 11.9 Å². The Kier molecular flexibility index (Phi) is 3.93. The largest absolute Gasteiger partial charge is 0.289 e. The molecule has 0 amide bonds. The first kappa shape index (κ1) is 15.0. The maximum Gasteiger partial charge on any atom is 0.189 e. The first-order valence-corrected chi connectivity index (χ1v) is 7.39. The van der Waals surface area contributed by atoms with E-state index in [-0.39, 0.29) is 5.78 Å². The van der Waals surface area contributed by atoms with E-state index < -0.39 is 0 Å². The number of carbonyl (C=O) groups excluding carboxylic acids is 1. The molecule has 3 aromatic rings. The van der Waals surface area contributed by atoms with Crippen LogP contribution in [-0.4, -0.2) is 25.3 Å². The van der Waals surface area contributed by atoms with Gasteiger partial charge in [0.25, 0.3) is 0 Å². The van der Waals surface area contributed by atoms with E-state index in [0.29, 0.717) is 5.56 Å². The van der Waals surface area contributed by atoms with E-state index >= 15 is 0 Å². The summed E-state index contributed by atoms with van der Waals surface area (Å²) < 4.78 is 3.51. The number of nitrogens with zero attached hydrogens (tertiary/aromatic N) is 4. The number of hydrogen-bond donors (Lipinski definition) is 0. The lowest BCUT2D eigenvalue weighted by Crippen LogP contribution is -2.01. The monoisotopic (exact) mass is 306 g/mol. The van der Waals surface area contributed by atoms with Gasteiger partial charge in [0.1, 0.15) is 0 Å². The van der Waals surface area contributed by atoms with Crippen LogP contribution >= 0.6 is 0 Å². The quantitative estimate of drug-likeness (QED) is 0.550. The average molecular weight is 306 g/mol. The minimum absolute atomic E-state index is 0.0500. The summed E-state index contributed by atoms with van der Waals surface area (Å²) in [5.74, 6) is -0.0500. The molecule has 2 heterocycles. The zero-order valence-corrected chi connectivity index (χ0v) is 13.4. The maximum absolute atomic E-state index is 12.5. The molecule has 0 aliphatic carbocycles. The summed E-state index contributed by atoms with van der Waals surface area (Å²) in [7, 11) is 1.84. The number of ketones is 1. The van der Waals surface area contributed by atoms with Crippen LogP contribution in [0.2, 0.25) is 0 Å². The number of aromatic nitrogens is 4. The number of benzene rings is 1. The van der Waals surface area contributed by atoms with Crippen LogP contribution in [0.15, 0.2) is 48.8 Å². The van der Waals surface area contributed by atoms with Gasteiger partial charge in [-0.3, -0.25) is 9.48 Å². The average Bonchev–Trinajstić information content (AvgIpc) is 3.09. The Morgan fingerprint density at radius 3 is 2.57 bits per heavy atom. The van der Waals surface area contributed by atoms with Crippen LogP contribution in [0.3, 0.4) is 0 Å². The molecule has 5 nitrogen and oxygen atoms in total. The highest BCUT2D eigenvalue weighted by molar-refractivity contribution is 6.08. The van der Waals surface area contributed by atoms with Crippen molar-refractivity contribution in [1.29, 1.82) is 0 Å². The van der Waals surface area contributed by atoms with E-state index in [9.17, 15) is 4.79 Å². The molecule has 5 heteroatoms.